The van der Waals surface area contributed by atoms with Crippen LogP contribution in [0.3, 0.4) is 0 Å². The Morgan fingerprint density at radius 1 is 1.37 bits per heavy atom. The van der Waals surface area contributed by atoms with E-state index in [2.05, 4.69) is 22.2 Å². The molecule has 0 spiro atoms. The van der Waals surface area contributed by atoms with Crippen molar-refractivity contribution in [1.82, 2.24) is 14.9 Å². The minimum Gasteiger partial charge on any atom is -0.370 e. The van der Waals surface area contributed by atoms with Crippen molar-refractivity contribution in [2.45, 2.75) is 45.4 Å². The number of nitrogens with one attached hydrogen (secondary N) is 3. The fraction of sp³-hybridized carbons (Fsp3) is 0.550. The molecule has 1 aliphatic rings. The Morgan fingerprint density at radius 3 is 2.85 bits per heavy atom. The second kappa shape index (κ2) is 8.88. The lowest BCUT2D eigenvalue weighted by molar-refractivity contribution is -0.121. The molecule has 0 saturated heterocycles. The minimum absolute atomic E-state index is 0.0461. The number of guanidine groups is 1. The van der Waals surface area contributed by atoms with Crippen LogP contribution in [0.15, 0.2) is 24.5 Å². The zero-order valence-corrected chi connectivity index (χ0v) is 16.0. The van der Waals surface area contributed by atoms with Crippen LogP contribution in [0.5, 0.6) is 0 Å². The molecule has 1 aliphatic carbocycles. The molecule has 3 rings (SSSR count). The van der Waals surface area contributed by atoms with E-state index < -0.39 is 0 Å². The second-order valence-corrected chi connectivity index (χ2v) is 7.49. The Morgan fingerprint density at radius 2 is 2.15 bits per heavy atom. The minimum atomic E-state index is 0.0461. The number of fused-ring (bicyclic) bond motifs is 1. The van der Waals surface area contributed by atoms with E-state index in [9.17, 15) is 4.79 Å². The Bertz CT molecular complexity index is 778. The maximum absolute atomic E-state index is 12.7. The van der Waals surface area contributed by atoms with E-state index in [1.807, 2.05) is 23.2 Å². The summed E-state index contributed by atoms with van der Waals surface area (Å²) in [4.78, 5) is 22.0. The van der Waals surface area contributed by atoms with Crippen LogP contribution in [0, 0.1) is 17.2 Å². The van der Waals surface area contributed by atoms with Gasteiger partial charge in [0.05, 0.1) is 5.69 Å². The van der Waals surface area contributed by atoms with Gasteiger partial charge in [-0.3, -0.25) is 10.2 Å². The van der Waals surface area contributed by atoms with Gasteiger partial charge in [-0.2, -0.15) is 0 Å². The van der Waals surface area contributed by atoms with Crippen LogP contribution in [0.2, 0.25) is 0 Å². The molecule has 27 heavy (non-hydrogen) atoms. The lowest BCUT2D eigenvalue weighted by atomic mass is 9.81. The molecule has 2 heterocycles. The highest BCUT2D eigenvalue weighted by molar-refractivity contribution is 6.00. The molecule has 2 aromatic heterocycles. The number of amides is 1. The molecule has 1 amide bonds. The van der Waals surface area contributed by atoms with Crippen LogP contribution >= 0.6 is 0 Å². The van der Waals surface area contributed by atoms with Crippen molar-refractivity contribution >= 4 is 28.6 Å². The van der Waals surface area contributed by atoms with Crippen molar-refractivity contribution in [3.8, 4) is 0 Å². The first-order valence-electron chi connectivity index (χ1n) is 9.90. The van der Waals surface area contributed by atoms with Gasteiger partial charge < -0.3 is 20.9 Å². The summed E-state index contributed by atoms with van der Waals surface area (Å²) >= 11 is 0. The third-order valence-corrected chi connectivity index (χ3v) is 5.54. The van der Waals surface area contributed by atoms with Crippen LogP contribution in [0.25, 0.3) is 11.0 Å². The number of carbonyl (C=O) groups excluding carboxylic acids is 1. The van der Waals surface area contributed by atoms with Gasteiger partial charge in [-0.1, -0.05) is 13.3 Å². The van der Waals surface area contributed by atoms with Crippen LogP contribution in [-0.4, -0.2) is 39.8 Å². The zero-order valence-electron chi connectivity index (χ0n) is 16.0. The molecule has 0 aliphatic heterocycles. The Kier molecular flexibility index (Phi) is 6.32. The number of hydrogen-bond donors (Lipinski definition) is 4. The zero-order chi connectivity index (χ0) is 19.2. The number of unbranched alkanes of at least 4 members (excludes halogenated alkanes) is 1. The Labute approximate surface area is 160 Å². The smallest absolute Gasteiger partial charge is 0.227 e. The van der Waals surface area contributed by atoms with Gasteiger partial charge in [0.25, 0.3) is 0 Å². The van der Waals surface area contributed by atoms with Crippen molar-refractivity contribution < 1.29 is 4.79 Å². The predicted octanol–water partition coefficient (Wildman–Crippen LogP) is 3.30. The summed E-state index contributed by atoms with van der Waals surface area (Å²) in [6, 6.07) is 3.78. The number of aromatic amines is 1. The molecule has 0 bridgehead atoms. The van der Waals surface area contributed by atoms with E-state index in [1.165, 1.54) is 0 Å². The lowest BCUT2D eigenvalue weighted by Crippen LogP contribution is -2.41. The van der Waals surface area contributed by atoms with E-state index in [0.29, 0.717) is 5.92 Å². The average molecular weight is 371 g/mol. The number of anilines is 1. The van der Waals surface area contributed by atoms with Gasteiger partial charge in [0.2, 0.25) is 5.91 Å². The molecule has 1 saturated carbocycles. The second-order valence-electron chi connectivity index (χ2n) is 7.49. The maximum Gasteiger partial charge on any atom is 0.227 e. The summed E-state index contributed by atoms with van der Waals surface area (Å²) in [5.74, 6) is 0.810. The molecule has 7 nitrogen and oxygen atoms in total. The number of rotatable bonds is 7. The Hall–Kier alpha value is -2.57. The van der Waals surface area contributed by atoms with Crippen LogP contribution in [0.4, 0.5) is 5.69 Å². The van der Waals surface area contributed by atoms with Crippen molar-refractivity contribution in [2.24, 2.45) is 17.6 Å². The molecule has 0 radical (unpaired) electrons. The van der Waals surface area contributed by atoms with E-state index in [4.69, 9.17) is 11.1 Å². The summed E-state index contributed by atoms with van der Waals surface area (Å²) < 4.78 is 0. The summed E-state index contributed by atoms with van der Waals surface area (Å²) in [5.41, 5.74) is 7.33. The van der Waals surface area contributed by atoms with E-state index >= 15 is 0 Å². The van der Waals surface area contributed by atoms with Gasteiger partial charge in [0.1, 0.15) is 5.65 Å². The maximum atomic E-state index is 12.7. The highest BCUT2D eigenvalue weighted by Gasteiger charge is 2.28. The molecule has 146 valence electrons. The predicted molar refractivity (Wildman–Crippen MR) is 109 cm³/mol. The number of hydrogen-bond acceptors (Lipinski definition) is 3. The molecular formula is C20H30N6O. The first-order chi connectivity index (χ1) is 13.1. The van der Waals surface area contributed by atoms with Crippen molar-refractivity contribution in [2.75, 3.05) is 18.4 Å². The highest BCUT2D eigenvalue weighted by Crippen LogP contribution is 2.31. The molecule has 1 fully saturated rings. The van der Waals surface area contributed by atoms with Crippen LogP contribution < -0.4 is 11.1 Å². The molecule has 0 aromatic carbocycles. The first-order valence-corrected chi connectivity index (χ1v) is 9.90. The topological polar surface area (TPSA) is 111 Å². The number of nitrogens with two attached hydrogens (primary N) is 1. The average Bonchev–Trinajstić information content (AvgIpc) is 3.15. The standard InChI is InChI=1S/C20H30N6O/c1-2-3-12-26(20(21)22)13-14-4-6-15(7-5-14)19(27)25-17-9-11-24-18-16(17)8-10-23-18/h8-11,14-15H,2-7,12-13H2,1H3,(H3,21,22)(H2,23,24,25,27). The summed E-state index contributed by atoms with van der Waals surface area (Å²) in [6.07, 6.45) is 9.47. The van der Waals surface area contributed by atoms with Gasteiger partial charge in [0, 0.05) is 36.8 Å². The van der Waals surface area contributed by atoms with Crippen LogP contribution in [0.1, 0.15) is 45.4 Å². The number of H-pyrrole nitrogens is 1. The molecule has 0 atom stereocenters. The van der Waals surface area contributed by atoms with Crippen molar-refractivity contribution in [1.29, 1.82) is 5.41 Å². The summed E-state index contributed by atoms with van der Waals surface area (Å²) in [6.45, 7) is 3.82. The Balaban J connectivity index is 1.52. The largest absolute Gasteiger partial charge is 0.370 e. The van der Waals surface area contributed by atoms with Gasteiger partial charge in [-0.25, -0.2) is 4.98 Å². The number of aromatic nitrogens is 2. The molecule has 5 N–H and O–H groups in total. The fourth-order valence-corrected chi connectivity index (χ4v) is 3.88. The van der Waals surface area contributed by atoms with Crippen molar-refractivity contribution in [3.05, 3.63) is 24.5 Å². The van der Waals surface area contributed by atoms with E-state index in [0.717, 1.165) is 68.3 Å². The fourth-order valence-electron chi connectivity index (χ4n) is 3.88. The summed E-state index contributed by atoms with van der Waals surface area (Å²) in [5, 5.41) is 11.8. The molecular weight excluding hydrogens is 340 g/mol. The lowest BCUT2D eigenvalue weighted by Gasteiger charge is -2.32. The number of pyridine rings is 1. The van der Waals surface area contributed by atoms with Crippen molar-refractivity contribution in [3.63, 3.8) is 0 Å². The van der Waals surface area contributed by atoms with E-state index in [1.54, 1.807) is 6.20 Å². The summed E-state index contributed by atoms with van der Waals surface area (Å²) in [7, 11) is 0. The third-order valence-electron chi connectivity index (χ3n) is 5.54. The quantitative estimate of drug-likeness (QED) is 0.442. The molecule has 0 unspecified atom stereocenters. The third kappa shape index (κ3) is 4.78. The normalized spacial score (nSPS) is 19.7. The van der Waals surface area contributed by atoms with E-state index in [-0.39, 0.29) is 17.8 Å². The highest BCUT2D eigenvalue weighted by atomic mass is 16.1. The van der Waals surface area contributed by atoms with Gasteiger partial charge in [0.15, 0.2) is 5.96 Å². The molecule has 2 aromatic rings. The number of carbonyl (C=O) groups is 1. The van der Waals surface area contributed by atoms with Gasteiger partial charge in [-0.05, 0) is 50.2 Å². The SMILES string of the molecule is CCCCN(CC1CCC(C(=O)Nc2ccnc3[nH]ccc23)CC1)C(=N)N. The molecule has 7 heteroatoms. The van der Waals surface area contributed by atoms with Crippen LogP contribution in [-0.2, 0) is 4.79 Å². The van der Waals surface area contributed by atoms with Gasteiger partial charge in [-0.15, -0.1) is 0 Å². The first kappa shape index (κ1) is 19.2. The van der Waals surface area contributed by atoms with Gasteiger partial charge >= 0.3 is 0 Å². The number of nitrogens with zero attached hydrogens (tertiary/aromatic N) is 2. The monoisotopic (exact) mass is 370 g/mol.